The molecule has 1 aromatic carbocycles. The quantitative estimate of drug-likeness (QED) is 0.892. The SMILES string of the molecule is CCCNc1ncc(CN2c3ccccc3CCC2C)s1. The third-order valence-corrected chi connectivity index (χ3v) is 5.01. The molecule has 0 aliphatic carbocycles. The Hall–Kier alpha value is -1.55. The molecule has 1 N–H and O–H groups in total. The number of benzene rings is 1. The molecule has 2 heterocycles. The van der Waals surface area contributed by atoms with E-state index in [9.17, 15) is 0 Å². The van der Waals surface area contributed by atoms with Gasteiger partial charge in [-0.05, 0) is 37.8 Å². The summed E-state index contributed by atoms with van der Waals surface area (Å²) in [5.74, 6) is 0. The number of thiazole rings is 1. The van der Waals surface area contributed by atoms with Crippen molar-refractivity contribution in [1.82, 2.24) is 4.98 Å². The van der Waals surface area contributed by atoms with Crippen molar-refractivity contribution in [2.75, 3.05) is 16.8 Å². The van der Waals surface area contributed by atoms with E-state index in [4.69, 9.17) is 0 Å². The summed E-state index contributed by atoms with van der Waals surface area (Å²) in [5, 5.41) is 4.42. The van der Waals surface area contributed by atoms with E-state index in [-0.39, 0.29) is 0 Å². The van der Waals surface area contributed by atoms with Crippen molar-refractivity contribution in [3.05, 3.63) is 40.9 Å². The molecule has 0 bridgehead atoms. The highest BCUT2D eigenvalue weighted by molar-refractivity contribution is 7.15. The molecule has 3 nitrogen and oxygen atoms in total. The molecule has 1 atom stereocenters. The smallest absolute Gasteiger partial charge is 0.182 e. The average molecular weight is 301 g/mol. The van der Waals surface area contributed by atoms with Crippen molar-refractivity contribution >= 4 is 22.2 Å². The lowest BCUT2D eigenvalue weighted by Crippen LogP contribution is -2.36. The zero-order valence-electron chi connectivity index (χ0n) is 12.8. The van der Waals surface area contributed by atoms with Crippen LogP contribution in [0.1, 0.15) is 37.1 Å². The predicted octanol–water partition coefficient (Wildman–Crippen LogP) is 4.31. The first-order valence-corrected chi connectivity index (χ1v) is 8.62. The highest BCUT2D eigenvalue weighted by Crippen LogP contribution is 2.32. The van der Waals surface area contributed by atoms with E-state index in [1.54, 1.807) is 11.3 Å². The topological polar surface area (TPSA) is 28.2 Å². The predicted molar refractivity (Wildman–Crippen MR) is 91.3 cm³/mol. The Kier molecular flexibility index (Phi) is 4.44. The van der Waals surface area contributed by atoms with Gasteiger partial charge in [0.25, 0.3) is 0 Å². The minimum absolute atomic E-state index is 0.592. The van der Waals surface area contributed by atoms with E-state index < -0.39 is 0 Å². The van der Waals surface area contributed by atoms with Gasteiger partial charge in [0.2, 0.25) is 0 Å². The second-order valence-corrected chi connectivity index (χ2v) is 6.82. The third-order valence-electron chi connectivity index (χ3n) is 4.07. The van der Waals surface area contributed by atoms with Crippen molar-refractivity contribution in [2.45, 2.75) is 45.7 Å². The molecule has 0 fully saturated rings. The van der Waals surface area contributed by atoms with Crippen LogP contribution in [0.5, 0.6) is 0 Å². The summed E-state index contributed by atoms with van der Waals surface area (Å²) in [7, 11) is 0. The molecule has 2 aromatic rings. The van der Waals surface area contributed by atoms with Gasteiger partial charge in [-0.25, -0.2) is 4.98 Å². The first-order valence-electron chi connectivity index (χ1n) is 7.81. The van der Waals surface area contributed by atoms with Crippen molar-refractivity contribution in [2.24, 2.45) is 0 Å². The molecule has 1 aliphatic heterocycles. The molecule has 4 heteroatoms. The van der Waals surface area contributed by atoms with Crippen molar-refractivity contribution in [3.8, 4) is 0 Å². The number of rotatable bonds is 5. The first kappa shape index (κ1) is 14.4. The summed E-state index contributed by atoms with van der Waals surface area (Å²) in [6.07, 6.45) is 5.58. The van der Waals surface area contributed by atoms with Gasteiger partial charge in [-0.2, -0.15) is 0 Å². The fraction of sp³-hybridized carbons (Fsp3) is 0.471. The molecule has 21 heavy (non-hydrogen) atoms. The molecule has 1 aliphatic rings. The summed E-state index contributed by atoms with van der Waals surface area (Å²) >= 11 is 1.78. The number of para-hydroxylation sites is 1. The number of aromatic nitrogens is 1. The maximum Gasteiger partial charge on any atom is 0.182 e. The normalized spacial score (nSPS) is 17.6. The van der Waals surface area contributed by atoms with Gasteiger partial charge in [0, 0.05) is 29.3 Å². The second-order valence-electron chi connectivity index (χ2n) is 5.70. The van der Waals surface area contributed by atoms with Crippen LogP contribution in [0.15, 0.2) is 30.5 Å². The summed E-state index contributed by atoms with van der Waals surface area (Å²) in [6, 6.07) is 9.39. The third kappa shape index (κ3) is 3.21. The molecule has 0 saturated heterocycles. The Balaban J connectivity index is 1.76. The fourth-order valence-electron chi connectivity index (χ4n) is 2.86. The Morgan fingerprint density at radius 2 is 2.24 bits per heavy atom. The van der Waals surface area contributed by atoms with Crippen LogP contribution in [0.2, 0.25) is 0 Å². The number of nitrogens with zero attached hydrogens (tertiary/aromatic N) is 2. The molecular formula is C17H23N3S. The molecule has 0 radical (unpaired) electrons. The molecular weight excluding hydrogens is 278 g/mol. The molecule has 0 spiro atoms. The van der Waals surface area contributed by atoms with E-state index in [2.05, 4.69) is 53.3 Å². The van der Waals surface area contributed by atoms with Crippen molar-refractivity contribution in [1.29, 1.82) is 0 Å². The number of fused-ring (bicyclic) bond motifs is 1. The lowest BCUT2D eigenvalue weighted by atomic mass is 9.97. The van der Waals surface area contributed by atoms with Gasteiger partial charge in [-0.15, -0.1) is 11.3 Å². The monoisotopic (exact) mass is 301 g/mol. The lowest BCUT2D eigenvalue weighted by molar-refractivity contribution is 0.562. The highest BCUT2D eigenvalue weighted by atomic mass is 32.1. The van der Waals surface area contributed by atoms with E-state index in [0.717, 1.165) is 24.6 Å². The number of nitrogens with one attached hydrogen (secondary N) is 1. The van der Waals surface area contributed by atoms with Gasteiger partial charge in [0.05, 0.1) is 6.54 Å². The van der Waals surface area contributed by atoms with Crippen LogP contribution in [0.4, 0.5) is 10.8 Å². The molecule has 1 unspecified atom stereocenters. The van der Waals surface area contributed by atoms with Crippen LogP contribution >= 0.6 is 11.3 Å². The molecule has 3 rings (SSSR count). The summed E-state index contributed by atoms with van der Waals surface area (Å²) < 4.78 is 0. The van der Waals surface area contributed by atoms with E-state index in [0.29, 0.717) is 6.04 Å². The highest BCUT2D eigenvalue weighted by Gasteiger charge is 2.23. The molecule has 0 amide bonds. The second kappa shape index (κ2) is 6.48. The minimum Gasteiger partial charge on any atom is -0.363 e. The van der Waals surface area contributed by atoms with E-state index >= 15 is 0 Å². The number of anilines is 2. The average Bonchev–Trinajstić information content (AvgIpc) is 2.96. The van der Waals surface area contributed by atoms with Crippen LogP contribution in [0, 0.1) is 0 Å². The molecule has 112 valence electrons. The van der Waals surface area contributed by atoms with E-state index in [1.807, 2.05) is 6.20 Å². The Morgan fingerprint density at radius 1 is 1.38 bits per heavy atom. The van der Waals surface area contributed by atoms with Crippen LogP contribution in [-0.4, -0.2) is 17.6 Å². The van der Waals surface area contributed by atoms with Gasteiger partial charge in [-0.1, -0.05) is 25.1 Å². The summed E-state index contributed by atoms with van der Waals surface area (Å²) in [4.78, 5) is 8.34. The van der Waals surface area contributed by atoms with Crippen molar-refractivity contribution < 1.29 is 0 Å². The maximum absolute atomic E-state index is 4.48. The van der Waals surface area contributed by atoms with E-state index in [1.165, 1.54) is 29.0 Å². The van der Waals surface area contributed by atoms with Gasteiger partial charge in [0.15, 0.2) is 5.13 Å². The van der Waals surface area contributed by atoms with Gasteiger partial charge < -0.3 is 10.2 Å². The summed E-state index contributed by atoms with van der Waals surface area (Å²) in [6.45, 7) is 6.46. The number of aryl methyl sites for hydroxylation is 1. The molecule has 1 aromatic heterocycles. The van der Waals surface area contributed by atoms with Gasteiger partial charge in [-0.3, -0.25) is 0 Å². The lowest BCUT2D eigenvalue weighted by Gasteiger charge is -2.36. The van der Waals surface area contributed by atoms with Crippen LogP contribution in [0.25, 0.3) is 0 Å². The maximum atomic E-state index is 4.48. The number of hydrogen-bond acceptors (Lipinski definition) is 4. The Labute approximate surface area is 131 Å². The molecule has 0 saturated carbocycles. The van der Waals surface area contributed by atoms with Gasteiger partial charge >= 0.3 is 0 Å². The standard InChI is InChI=1S/C17H23N3S/c1-3-10-18-17-19-11-15(21-17)12-20-13(2)8-9-14-6-4-5-7-16(14)20/h4-7,11,13H,3,8-10,12H2,1-2H3,(H,18,19). The fourth-order valence-corrected chi connectivity index (χ4v) is 3.70. The Morgan fingerprint density at radius 3 is 3.10 bits per heavy atom. The van der Waals surface area contributed by atoms with Gasteiger partial charge in [0.1, 0.15) is 0 Å². The van der Waals surface area contributed by atoms with Crippen LogP contribution in [0.3, 0.4) is 0 Å². The van der Waals surface area contributed by atoms with Crippen molar-refractivity contribution in [3.63, 3.8) is 0 Å². The van der Waals surface area contributed by atoms with Crippen LogP contribution < -0.4 is 10.2 Å². The zero-order valence-corrected chi connectivity index (χ0v) is 13.6. The largest absolute Gasteiger partial charge is 0.363 e. The van der Waals surface area contributed by atoms with Crippen LogP contribution in [-0.2, 0) is 13.0 Å². The first-order chi connectivity index (χ1) is 10.3. The minimum atomic E-state index is 0.592. The summed E-state index contributed by atoms with van der Waals surface area (Å²) in [5.41, 5.74) is 2.87. The Bertz CT molecular complexity index is 593. The number of hydrogen-bond donors (Lipinski definition) is 1. The zero-order chi connectivity index (χ0) is 14.7.